The number of carbonyl (C=O) groups excluding carboxylic acids is 3. The van der Waals surface area contributed by atoms with E-state index < -0.39 is 35.6 Å². The van der Waals surface area contributed by atoms with Gasteiger partial charge in [0.25, 0.3) is 5.91 Å². The van der Waals surface area contributed by atoms with Gasteiger partial charge in [-0.1, -0.05) is 19.1 Å². The van der Waals surface area contributed by atoms with Crippen molar-refractivity contribution in [3.8, 4) is 0 Å². The van der Waals surface area contributed by atoms with Crippen LogP contribution in [-0.4, -0.2) is 38.1 Å². The number of rotatable bonds is 6. The van der Waals surface area contributed by atoms with E-state index in [2.05, 4.69) is 14.8 Å². The topological polar surface area (TPSA) is 81.7 Å². The first-order valence-corrected chi connectivity index (χ1v) is 6.61. The van der Waals surface area contributed by atoms with E-state index in [1.54, 1.807) is 6.92 Å². The third kappa shape index (κ3) is 4.54. The summed E-state index contributed by atoms with van der Waals surface area (Å²) in [5.74, 6) is -3.33. The lowest BCUT2D eigenvalue weighted by atomic mass is 10.0. The van der Waals surface area contributed by atoms with Crippen molar-refractivity contribution < 1.29 is 28.2 Å². The molecule has 2 atom stereocenters. The second-order valence-electron chi connectivity index (χ2n) is 4.69. The second kappa shape index (κ2) is 8.11. The fourth-order valence-electron chi connectivity index (χ4n) is 1.89. The van der Waals surface area contributed by atoms with Crippen LogP contribution >= 0.6 is 0 Å². The Morgan fingerprint density at radius 1 is 1.14 bits per heavy atom. The molecule has 0 aliphatic heterocycles. The molecule has 1 rings (SSSR count). The average Bonchev–Trinajstić information content (AvgIpc) is 2.52. The Bertz CT molecular complexity index is 561. The first-order chi connectivity index (χ1) is 10.4. The van der Waals surface area contributed by atoms with Crippen LogP contribution in [0.1, 0.15) is 23.7 Å². The Balaban J connectivity index is 2.86. The van der Waals surface area contributed by atoms with Crippen LogP contribution in [0.2, 0.25) is 0 Å². The smallest absolute Gasteiger partial charge is 0.328 e. The van der Waals surface area contributed by atoms with E-state index in [4.69, 9.17) is 0 Å². The van der Waals surface area contributed by atoms with Gasteiger partial charge in [0.15, 0.2) is 0 Å². The predicted octanol–water partition coefficient (Wildman–Crippen LogP) is 1.30. The largest absolute Gasteiger partial charge is 0.469 e. The van der Waals surface area contributed by atoms with Crippen LogP contribution < -0.4 is 5.32 Å². The van der Waals surface area contributed by atoms with E-state index in [0.717, 1.165) is 13.2 Å². The molecule has 0 saturated heterocycles. The summed E-state index contributed by atoms with van der Waals surface area (Å²) < 4.78 is 22.7. The predicted molar refractivity (Wildman–Crippen MR) is 75.5 cm³/mol. The normalized spacial score (nSPS) is 12.9. The van der Waals surface area contributed by atoms with Crippen molar-refractivity contribution in [2.24, 2.45) is 5.92 Å². The molecule has 0 heterocycles. The van der Waals surface area contributed by atoms with Crippen LogP contribution in [0.25, 0.3) is 0 Å². The van der Waals surface area contributed by atoms with Gasteiger partial charge in [0.1, 0.15) is 11.9 Å². The molecule has 1 N–H and O–H groups in total. The summed E-state index contributed by atoms with van der Waals surface area (Å²) in [5.41, 5.74) is -0.192. The van der Waals surface area contributed by atoms with Crippen molar-refractivity contribution in [1.82, 2.24) is 5.32 Å². The first-order valence-electron chi connectivity index (χ1n) is 6.61. The third-order valence-electron chi connectivity index (χ3n) is 3.10. The van der Waals surface area contributed by atoms with Crippen molar-refractivity contribution in [2.75, 3.05) is 14.2 Å². The van der Waals surface area contributed by atoms with E-state index in [0.29, 0.717) is 0 Å². The van der Waals surface area contributed by atoms with E-state index in [1.165, 1.54) is 25.3 Å². The molecule has 1 aromatic rings. The fraction of sp³-hybridized carbons (Fsp3) is 0.400. The fourth-order valence-corrected chi connectivity index (χ4v) is 1.89. The van der Waals surface area contributed by atoms with Gasteiger partial charge >= 0.3 is 11.9 Å². The number of carbonyl (C=O) groups is 3. The molecule has 0 unspecified atom stereocenters. The van der Waals surface area contributed by atoms with Crippen LogP contribution in [0.15, 0.2) is 24.3 Å². The van der Waals surface area contributed by atoms with Crippen molar-refractivity contribution in [3.63, 3.8) is 0 Å². The summed E-state index contributed by atoms with van der Waals surface area (Å²) in [7, 11) is 2.39. The molecule has 0 aliphatic carbocycles. The molecule has 0 spiro atoms. The molecule has 0 fully saturated rings. The number of hydrogen-bond donors (Lipinski definition) is 1. The quantitative estimate of drug-likeness (QED) is 0.801. The van der Waals surface area contributed by atoms with E-state index in [9.17, 15) is 18.8 Å². The average molecular weight is 311 g/mol. The number of esters is 2. The maximum atomic E-state index is 13.6. The summed E-state index contributed by atoms with van der Waals surface area (Å²) in [4.78, 5) is 35.2. The summed E-state index contributed by atoms with van der Waals surface area (Å²) >= 11 is 0. The summed E-state index contributed by atoms with van der Waals surface area (Å²) in [5, 5.41) is 2.37. The molecule has 0 radical (unpaired) electrons. The van der Waals surface area contributed by atoms with Gasteiger partial charge in [0.2, 0.25) is 0 Å². The van der Waals surface area contributed by atoms with Gasteiger partial charge in [-0.3, -0.25) is 9.59 Å². The van der Waals surface area contributed by atoms with Crippen molar-refractivity contribution in [2.45, 2.75) is 19.4 Å². The van der Waals surface area contributed by atoms with Gasteiger partial charge in [0, 0.05) is 0 Å². The van der Waals surface area contributed by atoms with Crippen molar-refractivity contribution >= 4 is 17.8 Å². The van der Waals surface area contributed by atoms with Crippen LogP contribution in [0.4, 0.5) is 4.39 Å². The van der Waals surface area contributed by atoms with Crippen LogP contribution in [0, 0.1) is 11.7 Å². The Labute approximate surface area is 127 Å². The Hall–Kier alpha value is -2.44. The highest BCUT2D eigenvalue weighted by molar-refractivity contribution is 5.97. The number of benzene rings is 1. The lowest BCUT2D eigenvalue weighted by Gasteiger charge is -2.19. The minimum Gasteiger partial charge on any atom is -0.469 e. The Morgan fingerprint density at radius 2 is 1.73 bits per heavy atom. The second-order valence-corrected chi connectivity index (χ2v) is 4.69. The van der Waals surface area contributed by atoms with Crippen molar-refractivity contribution in [3.05, 3.63) is 35.6 Å². The van der Waals surface area contributed by atoms with Crippen LogP contribution in [-0.2, 0) is 19.1 Å². The minimum absolute atomic E-state index is 0.0143. The Kier molecular flexibility index (Phi) is 6.49. The highest BCUT2D eigenvalue weighted by atomic mass is 19.1. The third-order valence-corrected chi connectivity index (χ3v) is 3.10. The zero-order chi connectivity index (χ0) is 16.7. The lowest BCUT2D eigenvalue weighted by molar-refractivity contribution is -0.147. The highest BCUT2D eigenvalue weighted by Crippen LogP contribution is 2.12. The maximum absolute atomic E-state index is 13.6. The number of methoxy groups -OCH3 is 2. The summed E-state index contributed by atoms with van der Waals surface area (Å²) in [6.45, 7) is 1.55. The van der Waals surface area contributed by atoms with Gasteiger partial charge < -0.3 is 14.8 Å². The molecule has 1 amide bonds. The van der Waals surface area contributed by atoms with E-state index >= 15 is 0 Å². The SMILES string of the molecule is COC(=O)[C@H](C)C[C@@H](NC(=O)c1ccccc1F)C(=O)OC. The molecular weight excluding hydrogens is 293 g/mol. The first kappa shape index (κ1) is 17.6. The summed E-state index contributed by atoms with van der Waals surface area (Å²) in [6, 6.07) is 4.30. The molecule has 0 saturated carbocycles. The molecule has 0 aliphatic rings. The lowest BCUT2D eigenvalue weighted by Crippen LogP contribution is -2.43. The van der Waals surface area contributed by atoms with Gasteiger partial charge in [-0.05, 0) is 18.6 Å². The highest BCUT2D eigenvalue weighted by Gasteiger charge is 2.28. The number of ether oxygens (including phenoxy) is 2. The molecule has 6 nitrogen and oxygen atoms in total. The number of amides is 1. The number of nitrogens with one attached hydrogen (secondary N) is 1. The maximum Gasteiger partial charge on any atom is 0.328 e. The summed E-state index contributed by atoms with van der Waals surface area (Å²) in [6.07, 6.45) is -0.0143. The van der Waals surface area contributed by atoms with Gasteiger partial charge in [-0.15, -0.1) is 0 Å². The monoisotopic (exact) mass is 311 g/mol. The molecule has 7 heteroatoms. The minimum atomic E-state index is -1.08. The molecule has 22 heavy (non-hydrogen) atoms. The standard InChI is InChI=1S/C15H18FNO5/c1-9(14(19)21-2)8-12(15(20)22-3)17-13(18)10-6-4-5-7-11(10)16/h4-7,9,12H,8H2,1-3H3,(H,17,18)/t9-,12-/m1/s1. The van der Waals surface area contributed by atoms with Crippen LogP contribution in [0.3, 0.4) is 0 Å². The number of halogens is 1. The van der Waals surface area contributed by atoms with Gasteiger partial charge in [0.05, 0.1) is 25.7 Å². The zero-order valence-corrected chi connectivity index (χ0v) is 12.6. The molecule has 1 aromatic carbocycles. The Morgan fingerprint density at radius 3 is 2.27 bits per heavy atom. The van der Waals surface area contributed by atoms with E-state index in [-0.39, 0.29) is 12.0 Å². The molecule has 0 bridgehead atoms. The van der Waals surface area contributed by atoms with Gasteiger partial charge in [-0.25, -0.2) is 9.18 Å². The van der Waals surface area contributed by atoms with Crippen molar-refractivity contribution in [1.29, 1.82) is 0 Å². The zero-order valence-electron chi connectivity index (χ0n) is 12.6. The molecule has 0 aromatic heterocycles. The molecular formula is C15H18FNO5. The number of hydrogen-bond acceptors (Lipinski definition) is 5. The van der Waals surface area contributed by atoms with E-state index in [1.807, 2.05) is 0 Å². The molecule has 120 valence electrons. The van der Waals surface area contributed by atoms with Gasteiger partial charge in [-0.2, -0.15) is 0 Å². The van der Waals surface area contributed by atoms with Crippen LogP contribution in [0.5, 0.6) is 0 Å².